The molecule has 204 valence electrons. The minimum atomic E-state index is -5.00. The van der Waals surface area contributed by atoms with Crippen molar-refractivity contribution >= 4 is 44.6 Å². The van der Waals surface area contributed by atoms with Gasteiger partial charge in [-0.25, -0.2) is 17.2 Å². The molecule has 1 unspecified atom stereocenters. The van der Waals surface area contributed by atoms with E-state index in [1.165, 1.54) is 24.3 Å². The second kappa shape index (κ2) is 8.54. The Hall–Kier alpha value is -2.41. The number of carbonyl (C=O) groups excluding carboxylic acids is 1. The second-order valence-corrected chi connectivity index (χ2v) is 12.9. The summed E-state index contributed by atoms with van der Waals surface area (Å²) in [6, 6.07) is 7.02. The number of rotatable bonds is 5. The normalized spacial score (nSPS) is 23.9. The van der Waals surface area contributed by atoms with Crippen molar-refractivity contribution in [2.24, 2.45) is 0 Å². The number of sulfone groups is 1. The maximum absolute atomic E-state index is 15.5. The highest BCUT2D eigenvalue weighted by molar-refractivity contribution is 7.93. The lowest BCUT2D eigenvalue weighted by molar-refractivity contribution is -0.269. The number of amides is 1. The molecule has 0 spiro atoms. The van der Waals surface area contributed by atoms with E-state index in [0.29, 0.717) is 0 Å². The van der Waals surface area contributed by atoms with E-state index in [4.69, 9.17) is 28.0 Å². The smallest absolute Gasteiger partial charge is 0.334 e. The van der Waals surface area contributed by atoms with E-state index in [2.05, 4.69) is 5.48 Å². The van der Waals surface area contributed by atoms with Gasteiger partial charge in [0.2, 0.25) is 11.5 Å². The van der Waals surface area contributed by atoms with Crippen LogP contribution in [0.3, 0.4) is 0 Å². The molecule has 2 fully saturated rings. The van der Waals surface area contributed by atoms with Gasteiger partial charge in [-0.05, 0) is 42.2 Å². The van der Waals surface area contributed by atoms with E-state index in [-0.39, 0.29) is 42.8 Å². The van der Waals surface area contributed by atoms with Crippen molar-refractivity contribution in [2.75, 3.05) is 19.3 Å². The summed E-state index contributed by atoms with van der Waals surface area (Å²) in [6.45, 7) is -0.675. The lowest BCUT2D eigenvalue weighted by Gasteiger charge is -2.45. The number of hydrogen-bond acceptors (Lipinski definition) is 5. The van der Waals surface area contributed by atoms with E-state index in [1.54, 1.807) is 0 Å². The monoisotopic (exact) mass is 596 g/mol. The summed E-state index contributed by atoms with van der Waals surface area (Å²) in [5.41, 5.74) is -2.98. The predicted molar refractivity (Wildman–Crippen MR) is 129 cm³/mol. The van der Waals surface area contributed by atoms with E-state index in [9.17, 15) is 30.8 Å². The van der Waals surface area contributed by atoms with Crippen LogP contribution in [-0.4, -0.2) is 49.5 Å². The number of carbonyl (C=O) groups is 1. The first kappa shape index (κ1) is 27.2. The first-order valence-corrected chi connectivity index (χ1v) is 13.9. The first-order chi connectivity index (χ1) is 17.5. The summed E-state index contributed by atoms with van der Waals surface area (Å²) in [4.78, 5) is 18.8. The molecule has 5 rings (SSSR count). The minimum absolute atomic E-state index is 0.0902. The molecule has 6 nitrogen and oxygen atoms in total. The summed E-state index contributed by atoms with van der Waals surface area (Å²) < 4.78 is 94.3. The van der Waals surface area contributed by atoms with Crippen LogP contribution in [0.25, 0.3) is 5.70 Å². The van der Waals surface area contributed by atoms with Crippen LogP contribution in [0.5, 0.6) is 0 Å². The van der Waals surface area contributed by atoms with Crippen LogP contribution in [0, 0.1) is 5.82 Å². The highest BCUT2D eigenvalue weighted by atomic mass is 35.5. The van der Waals surface area contributed by atoms with Gasteiger partial charge >= 0.3 is 6.18 Å². The number of halogens is 7. The molecule has 0 bridgehead atoms. The number of nitrogens with zero attached hydrogens (tertiary/aromatic N) is 1. The van der Waals surface area contributed by atoms with Crippen LogP contribution in [0.2, 0.25) is 10.0 Å². The molecule has 2 aromatic carbocycles. The van der Waals surface area contributed by atoms with Crippen molar-refractivity contribution in [1.82, 2.24) is 10.4 Å². The Bertz CT molecular complexity index is 1450. The summed E-state index contributed by atoms with van der Waals surface area (Å²) in [5, 5.41) is -1.23. The molecule has 1 saturated heterocycles. The maximum atomic E-state index is 15.5. The Morgan fingerprint density at radius 2 is 1.61 bits per heavy atom. The number of alkyl halides is 4. The molecule has 1 saturated carbocycles. The van der Waals surface area contributed by atoms with Crippen molar-refractivity contribution in [3.05, 3.63) is 75.0 Å². The maximum Gasteiger partial charge on any atom is 0.428 e. The third-order valence-corrected chi connectivity index (χ3v) is 9.74. The molecule has 2 heterocycles. The van der Waals surface area contributed by atoms with Crippen molar-refractivity contribution in [3.63, 3.8) is 0 Å². The molecular weight excluding hydrogens is 578 g/mol. The highest BCUT2D eigenvalue weighted by Crippen LogP contribution is 2.50. The van der Waals surface area contributed by atoms with Crippen LogP contribution in [-0.2, 0) is 30.7 Å². The third kappa shape index (κ3) is 4.07. The lowest BCUT2D eigenvalue weighted by Crippen LogP contribution is -2.62. The highest BCUT2D eigenvalue weighted by Gasteiger charge is 2.63. The minimum Gasteiger partial charge on any atom is -0.334 e. The zero-order valence-corrected chi connectivity index (χ0v) is 21.8. The van der Waals surface area contributed by atoms with E-state index in [0.717, 1.165) is 29.4 Å². The predicted octanol–water partition coefficient (Wildman–Crippen LogP) is 5.05. The summed E-state index contributed by atoms with van der Waals surface area (Å²) in [6.07, 6.45) is -2.86. The van der Waals surface area contributed by atoms with Gasteiger partial charge in [0.15, 0.2) is 26.1 Å². The van der Waals surface area contributed by atoms with E-state index < -0.39 is 59.4 Å². The van der Waals surface area contributed by atoms with Crippen molar-refractivity contribution in [2.45, 2.75) is 35.0 Å². The molecule has 2 aliphatic heterocycles. The van der Waals surface area contributed by atoms with Crippen LogP contribution in [0.15, 0.2) is 42.5 Å². The largest absolute Gasteiger partial charge is 0.428 e. The van der Waals surface area contributed by atoms with Crippen molar-refractivity contribution < 1.29 is 40.0 Å². The third-order valence-electron chi connectivity index (χ3n) is 7.19. The van der Waals surface area contributed by atoms with Gasteiger partial charge in [-0.3, -0.25) is 15.1 Å². The molecule has 1 atom stereocenters. The van der Waals surface area contributed by atoms with Crippen LogP contribution < -0.4 is 5.48 Å². The molecule has 1 aliphatic carbocycles. The first-order valence-electron chi connectivity index (χ1n) is 11.2. The molecular formula is C24H19Cl2F5N2O4S. The van der Waals surface area contributed by atoms with Gasteiger partial charge in [0.1, 0.15) is 0 Å². The number of benzene rings is 2. The topological polar surface area (TPSA) is 75.7 Å². The Kier molecular flexibility index (Phi) is 6.11. The fourth-order valence-electron chi connectivity index (χ4n) is 4.73. The number of hydrogen-bond donors (Lipinski definition) is 1. The number of nitrogens with one attached hydrogen (secondary N) is 1. The molecule has 0 radical (unpaired) electrons. The molecule has 38 heavy (non-hydrogen) atoms. The second-order valence-electron chi connectivity index (χ2n) is 9.72. The Morgan fingerprint density at radius 3 is 2.08 bits per heavy atom. The average Bonchev–Trinajstić information content (AvgIpc) is 3.51. The molecule has 0 aromatic heterocycles. The SMILES string of the molecule is CS(=O)(=O)C1(C(=O)N2CC(F)(c3ccc(C4=CC(c5cc(Cl)c(F)c(Cl)c5)(C(F)(F)F)ON4)cc3)C2)CC1. The lowest BCUT2D eigenvalue weighted by atomic mass is 9.86. The molecule has 1 amide bonds. The number of likely N-dealkylation sites (tertiary alicyclic amines) is 1. The Labute approximate surface area is 224 Å². The van der Waals surface area contributed by atoms with Gasteiger partial charge in [0, 0.05) is 11.8 Å². The van der Waals surface area contributed by atoms with Crippen molar-refractivity contribution in [3.8, 4) is 0 Å². The van der Waals surface area contributed by atoms with Gasteiger partial charge in [-0.1, -0.05) is 47.5 Å². The Morgan fingerprint density at radius 1 is 1.05 bits per heavy atom. The molecule has 2 aromatic rings. The summed E-state index contributed by atoms with van der Waals surface area (Å²) >= 11 is 11.4. The van der Waals surface area contributed by atoms with Crippen molar-refractivity contribution in [1.29, 1.82) is 0 Å². The zero-order chi connectivity index (χ0) is 27.9. The van der Waals surface area contributed by atoms with Gasteiger partial charge in [0.25, 0.3) is 0 Å². The molecule has 1 N–H and O–H groups in total. The quantitative estimate of drug-likeness (QED) is 0.386. The van der Waals surface area contributed by atoms with Crippen LogP contribution >= 0.6 is 23.2 Å². The van der Waals surface area contributed by atoms with Gasteiger partial charge in [-0.2, -0.15) is 13.2 Å². The zero-order valence-electron chi connectivity index (χ0n) is 19.5. The summed E-state index contributed by atoms with van der Waals surface area (Å²) in [5.74, 6) is -1.69. The van der Waals surface area contributed by atoms with Gasteiger partial charge < -0.3 is 4.90 Å². The Balaban J connectivity index is 1.38. The standard InChI is InChI=1S/C24H19Cl2F5N2O4S/c1-38(35,36)22(6-7-22)20(34)33-11-21(28,12-33)14-4-2-13(3-5-14)18-10-23(37-32-18,24(29,30)31)15-8-16(25)19(27)17(26)9-15/h2-5,8-10,32H,6-7,11-12H2,1H3. The summed E-state index contributed by atoms with van der Waals surface area (Å²) in [7, 11) is -3.63. The number of hydroxylamine groups is 1. The van der Waals surface area contributed by atoms with Crippen LogP contribution in [0.1, 0.15) is 29.5 Å². The van der Waals surface area contributed by atoms with E-state index in [1.807, 2.05) is 0 Å². The van der Waals surface area contributed by atoms with Crippen LogP contribution in [0.4, 0.5) is 22.0 Å². The molecule has 3 aliphatic rings. The van der Waals surface area contributed by atoms with Gasteiger partial charge in [0.05, 0.1) is 28.8 Å². The fraction of sp³-hybridized carbons (Fsp3) is 0.375. The molecule has 14 heteroatoms. The van der Waals surface area contributed by atoms with E-state index >= 15 is 4.39 Å². The fourth-order valence-corrected chi connectivity index (χ4v) is 6.51. The average molecular weight is 597 g/mol. The van der Waals surface area contributed by atoms with Gasteiger partial charge in [-0.15, -0.1) is 0 Å².